The van der Waals surface area contributed by atoms with Crippen LogP contribution in [0.1, 0.15) is 37.7 Å². The predicted octanol–water partition coefficient (Wildman–Crippen LogP) is 2.95. The number of hydrogen-bond donors (Lipinski definition) is 1. The number of fused-ring (bicyclic) bond motifs is 1. The van der Waals surface area contributed by atoms with Gasteiger partial charge in [0.25, 0.3) is 0 Å². The fraction of sp³-hybridized carbons (Fsp3) is 0.562. The van der Waals surface area contributed by atoms with Gasteiger partial charge in [0, 0.05) is 24.8 Å². The van der Waals surface area contributed by atoms with Crippen LogP contribution >= 0.6 is 0 Å². The molecule has 2 rings (SSSR count). The summed E-state index contributed by atoms with van der Waals surface area (Å²) in [6.45, 7) is 4.52. The van der Waals surface area contributed by atoms with E-state index in [2.05, 4.69) is 18.3 Å². The predicted molar refractivity (Wildman–Crippen MR) is 79.0 cm³/mol. The number of anilines is 1. The molecule has 1 unspecified atom stereocenters. The molecule has 1 aromatic carbocycles. The number of hydrogen-bond acceptors (Lipinski definition) is 4. The van der Waals surface area contributed by atoms with Crippen molar-refractivity contribution in [2.24, 2.45) is 0 Å². The highest BCUT2D eigenvalue weighted by molar-refractivity contribution is 5.72. The zero-order valence-electron chi connectivity index (χ0n) is 12.1. The monoisotopic (exact) mass is 277 g/mol. The fourth-order valence-electron chi connectivity index (χ4n) is 2.36. The smallest absolute Gasteiger partial charge is 0.306 e. The first-order valence-corrected chi connectivity index (χ1v) is 7.37. The third-order valence-electron chi connectivity index (χ3n) is 3.49. The van der Waals surface area contributed by atoms with Crippen LogP contribution in [0.15, 0.2) is 24.3 Å². The second-order valence-corrected chi connectivity index (χ2v) is 5.06. The summed E-state index contributed by atoms with van der Waals surface area (Å²) >= 11 is 0. The number of para-hydroxylation sites is 1. The van der Waals surface area contributed by atoms with Gasteiger partial charge in [-0.25, -0.2) is 0 Å². The van der Waals surface area contributed by atoms with Crippen LogP contribution < -0.4 is 5.32 Å². The third-order valence-corrected chi connectivity index (χ3v) is 3.49. The maximum Gasteiger partial charge on any atom is 0.306 e. The molecule has 1 aliphatic heterocycles. The van der Waals surface area contributed by atoms with E-state index in [1.54, 1.807) is 0 Å². The van der Waals surface area contributed by atoms with Gasteiger partial charge in [-0.15, -0.1) is 0 Å². The molecule has 0 fully saturated rings. The molecule has 4 nitrogen and oxygen atoms in total. The van der Waals surface area contributed by atoms with E-state index in [1.807, 2.05) is 18.2 Å². The lowest BCUT2D eigenvalue weighted by molar-refractivity contribution is -0.145. The van der Waals surface area contributed by atoms with Crippen molar-refractivity contribution in [3.05, 3.63) is 29.8 Å². The Morgan fingerprint density at radius 1 is 1.30 bits per heavy atom. The van der Waals surface area contributed by atoms with Gasteiger partial charge in [-0.2, -0.15) is 0 Å². The number of benzene rings is 1. The molecule has 20 heavy (non-hydrogen) atoms. The van der Waals surface area contributed by atoms with Gasteiger partial charge in [0.2, 0.25) is 0 Å². The zero-order valence-corrected chi connectivity index (χ0v) is 12.1. The molecule has 0 spiro atoms. The van der Waals surface area contributed by atoms with Gasteiger partial charge in [0.05, 0.1) is 13.0 Å². The molecule has 0 aliphatic carbocycles. The van der Waals surface area contributed by atoms with Crippen molar-refractivity contribution >= 4 is 11.7 Å². The molecule has 4 heteroatoms. The lowest BCUT2D eigenvalue weighted by atomic mass is 9.98. The molecule has 1 heterocycles. The minimum absolute atomic E-state index is 0.146. The first kappa shape index (κ1) is 14.9. The SMILES string of the molecule is CCCCOCCOC(=O)CC1CNc2ccccc21. The van der Waals surface area contributed by atoms with E-state index < -0.39 is 0 Å². The van der Waals surface area contributed by atoms with Gasteiger partial charge in [-0.05, 0) is 18.1 Å². The van der Waals surface area contributed by atoms with Crippen molar-refractivity contribution in [2.45, 2.75) is 32.1 Å². The largest absolute Gasteiger partial charge is 0.463 e. The molecule has 0 aromatic heterocycles. The van der Waals surface area contributed by atoms with E-state index in [-0.39, 0.29) is 11.9 Å². The van der Waals surface area contributed by atoms with Gasteiger partial charge in [0.1, 0.15) is 6.61 Å². The maximum atomic E-state index is 11.8. The van der Waals surface area contributed by atoms with Crippen molar-refractivity contribution in [1.29, 1.82) is 0 Å². The number of rotatable bonds is 8. The van der Waals surface area contributed by atoms with Crippen LogP contribution in [-0.2, 0) is 14.3 Å². The maximum absolute atomic E-state index is 11.8. The molecule has 0 amide bonds. The van der Waals surface area contributed by atoms with E-state index in [1.165, 1.54) is 5.56 Å². The first-order chi connectivity index (χ1) is 9.81. The fourth-order valence-corrected chi connectivity index (χ4v) is 2.36. The minimum Gasteiger partial charge on any atom is -0.463 e. The molecular formula is C16H23NO3. The lowest BCUT2D eigenvalue weighted by Gasteiger charge is -2.10. The summed E-state index contributed by atoms with van der Waals surface area (Å²) in [6, 6.07) is 8.12. The average molecular weight is 277 g/mol. The zero-order chi connectivity index (χ0) is 14.2. The summed E-state index contributed by atoms with van der Waals surface area (Å²) < 4.78 is 10.6. The number of nitrogens with one attached hydrogen (secondary N) is 1. The van der Waals surface area contributed by atoms with Gasteiger partial charge >= 0.3 is 5.97 Å². The summed E-state index contributed by atoms with van der Waals surface area (Å²) in [6.07, 6.45) is 2.60. The van der Waals surface area contributed by atoms with Gasteiger partial charge < -0.3 is 14.8 Å². The van der Waals surface area contributed by atoms with Crippen LogP contribution in [0.25, 0.3) is 0 Å². The second kappa shape index (κ2) is 7.90. The van der Waals surface area contributed by atoms with E-state index in [4.69, 9.17) is 9.47 Å². The molecular weight excluding hydrogens is 254 g/mol. The molecule has 0 bridgehead atoms. The Labute approximate surface area is 120 Å². The van der Waals surface area contributed by atoms with Crippen LogP contribution in [0.2, 0.25) is 0 Å². The van der Waals surface area contributed by atoms with E-state index in [9.17, 15) is 4.79 Å². The summed E-state index contributed by atoms with van der Waals surface area (Å²) in [5.41, 5.74) is 2.34. The summed E-state index contributed by atoms with van der Waals surface area (Å²) in [4.78, 5) is 11.8. The second-order valence-electron chi connectivity index (χ2n) is 5.06. The summed E-state index contributed by atoms with van der Waals surface area (Å²) in [5, 5.41) is 3.31. The number of unbranched alkanes of at least 4 members (excludes halogenated alkanes) is 1. The Morgan fingerprint density at radius 2 is 2.15 bits per heavy atom. The molecule has 1 N–H and O–H groups in total. The Kier molecular flexibility index (Phi) is 5.87. The van der Waals surface area contributed by atoms with E-state index >= 15 is 0 Å². The molecule has 0 saturated heterocycles. The van der Waals surface area contributed by atoms with Gasteiger partial charge in [-0.3, -0.25) is 4.79 Å². The van der Waals surface area contributed by atoms with Crippen molar-refractivity contribution in [3.63, 3.8) is 0 Å². The minimum atomic E-state index is -0.146. The summed E-state index contributed by atoms with van der Waals surface area (Å²) in [7, 11) is 0. The highest BCUT2D eigenvalue weighted by Gasteiger charge is 2.24. The molecule has 110 valence electrons. The standard InChI is InChI=1S/C16H23NO3/c1-2-3-8-19-9-10-20-16(18)11-13-12-17-15-7-5-4-6-14(13)15/h4-7,13,17H,2-3,8-12H2,1H3. The molecule has 1 aromatic rings. The lowest BCUT2D eigenvalue weighted by Crippen LogP contribution is -2.15. The van der Waals surface area contributed by atoms with Gasteiger partial charge in [-0.1, -0.05) is 31.5 Å². The number of carbonyl (C=O) groups is 1. The van der Waals surface area contributed by atoms with Crippen LogP contribution in [0.4, 0.5) is 5.69 Å². The summed E-state index contributed by atoms with van der Waals surface area (Å²) in [5.74, 6) is 0.0762. The Hall–Kier alpha value is -1.55. The van der Waals surface area contributed by atoms with E-state index in [0.717, 1.165) is 31.7 Å². The number of ether oxygens (including phenoxy) is 2. The topological polar surface area (TPSA) is 47.6 Å². The normalized spacial score (nSPS) is 16.6. The van der Waals surface area contributed by atoms with Crippen LogP contribution in [-0.4, -0.2) is 32.3 Å². The number of carbonyl (C=O) groups excluding carboxylic acids is 1. The molecule has 1 aliphatic rings. The average Bonchev–Trinajstić information content (AvgIpc) is 2.86. The van der Waals surface area contributed by atoms with Crippen molar-refractivity contribution in [2.75, 3.05) is 31.7 Å². The van der Waals surface area contributed by atoms with Gasteiger partial charge in [0.15, 0.2) is 0 Å². The van der Waals surface area contributed by atoms with Crippen molar-refractivity contribution < 1.29 is 14.3 Å². The Balaban J connectivity index is 1.66. The Morgan fingerprint density at radius 3 is 3.00 bits per heavy atom. The quantitative estimate of drug-likeness (QED) is 0.586. The van der Waals surface area contributed by atoms with Crippen LogP contribution in [0.5, 0.6) is 0 Å². The highest BCUT2D eigenvalue weighted by atomic mass is 16.6. The van der Waals surface area contributed by atoms with Crippen LogP contribution in [0.3, 0.4) is 0 Å². The highest BCUT2D eigenvalue weighted by Crippen LogP contribution is 2.33. The number of esters is 1. The molecule has 1 atom stereocenters. The molecule has 0 radical (unpaired) electrons. The van der Waals surface area contributed by atoms with E-state index in [0.29, 0.717) is 19.6 Å². The van der Waals surface area contributed by atoms with Crippen LogP contribution in [0, 0.1) is 0 Å². The third kappa shape index (κ3) is 4.23. The van der Waals surface area contributed by atoms with Crippen molar-refractivity contribution in [1.82, 2.24) is 0 Å². The first-order valence-electron chi connectivity index (χ1n) is 7.37. The van der Waals surface area contributed by atoms with Crippen molar-refractivity contribution in [3.8, 4) is 0 Å². The Bertz CT molecular complexity index is 433. The molecule has 0 saturated carbocycles.